The Bertz CT molecular complexity index is 1320. The third kappa shape index (κ3) is 5.34. The molecule has 0 aliphatic rings. The van der Waals surface area contributed by atoms with Crippen LogP contribution in [0.3, 0.4) is 0 Å². The second-order valence-electron chi connectivity index (χ2n) is 8.69. The van der Waals surface area contributed by atoms with E-state index in [0.29, 0.717) is 0 Å². The molecule has 5 rings (SSSR count). The topological polar surface area (TPSA) is 25.8 Å². The molecule has 0 unspecified atom stereocenters. The number of nitrogens with zero attached hydrogens (tertiary/aromatic N) is 2. The maximum atomic E-state index is 5.12. The summed E-state index contributed by atoms with van der Waals surface area (Å²) in [4.78, 5) is 10.2. The van der Waals surface area contributed by atoms with Crippen LogP contribution in [0, 0.1) is 32.9 Å². The second-order valence-corrected chi connectivity index (χ2v) is 8.69. The summed E-state index contributed by atoms with van der Waals surface area (Å²) >= 11 is 0. The molecule has 3 aromatic carbocycles. The Labute approximate surface area is 222 Å². The molecule has 174 valence electrons. The minimum Gasteiger partial charge on any atom is -0.300 e. The third-order valence-corrected chi connectivity index (χ3v) is 6.13. The number of benzene rings is 3. The maximum absolute atomic E-state index is 5.12. The van der Waals surface area contributed by atoms with Gasteiger partial charge in [-0.25, -0.2) is 0 Å². The molecule has 0 saturated carbocycles. The first-order valence-electron chi connectivity index (χ1n) is 11.6. The van der Waals surface area contributed by atoms with Crippen LogP contribution < -0.4 is 0 Å². The summed E-state index contributed by atoms with van der Waals surface area (Å²) in [6, 6.07) is 39.5. The largest absolute Gasteiger partial charge is 2.00 e. The average Bonchev–Trinajstić information content (AvgIpc) is 2.87. The van der Waals surface area contributed by atoms with E-state index >= 15 is 0 Å². The van der Waals surface area contributed by atoms with Crippen molar-refractivity contribution < 1.29 is 21.1 Å². The van der Waals surface area contributed by atoms with E-state index in [2.05, 4.69) is 69.3 Å². The maximum Gasteiger partial charge on any atom is 2.00 e. The summed E-state index contributed by atoms with van der Waals surface area (Å²) < 4.78 is 0. The summed E-state index contributed by atoms with van der Waals surface area (Å²) in [6.07, 6.45) is 0. The van der Waals surface area contributed by atoms with E-state index in [9.17, 15) is 0 Å². The Balaban J connectivity index is 0.00000289. The van der Waals surface area contributed by atoms with E-state index in [1.54, 1.807) is 0 Å². The number of aromatic nitrogens is 2. The van der Waals surface area contributed by atoms with Crippen LogP contribution in [0.5, 0.6) is 0 Å². The van der Waals surface area contributed by atoms with E-state index in [1.807, 2.05) is 60.7 Å². The molecule has 0 spiro atoms. The van der Waals surface area contributed by atoms with E-state index in [0.717, 1.165) is 33.9 Å². The van der Waals surface area contributed by atoms with Crippen molar-refractivity contribution in [1.82, 2.24) is 9.97 Å². The van der Waals surface area contributed by atoms with Crippen LogP contribution in [-0.2, 0) is 21.1 Å². The van der Waals surface area contributed by atoms with Crippen molar-refractivity contribution in [2.45, 2.75) is 26.7 Å². The van der Waals surface area contributed by atoms with Crippen molar-refractivity contribution in [2.24, 2.45) is 0 Å². The molecule has 2 nitrogen and oxygen atoms in total. The van der Waals surface area contributed by atoms with Crippen molar-refractivity contribution in [1.29, 1.82) is 0 Å². The molecule has 2 heterocycles. The summed E-state index contributed by atoms with van der Waals surface area (Å²) in [5.41, 5.74) is 10.8. The SMILES string of the molecule is Cc1cc(C)c(C(c2cccc(-c3[c-]cccc3)n2)c2cccc(-c3[c-]cccc3)n2)c(C)c1.[Pt+2]. The minimum absolute atomic E-state index is 0. The van der Waals surface area contributed by atoms with Gasteiger partial charge in [0, 0.05) is 11.4 Å². The molecular weight excluding hydrogens is 607 g/mol. The van der Waals surface area contributed by atoms with Crippen molar-refractivity contribution in [2.75, 3.05) is 0 Å². The fraction of sp³-hybridized carbons (Fsp3) is 0.125. The van der Waals surface area contributed by atoms with Gasteiger partial charge in [-0.15, -0.1) is 71.8 Å². The Morgan fingerprint density at radius 1 is 0.600 bits per heavy atom. The predicted octanol–water partition coefficient (Wildman–Crippen LogP) is 7.51. The zero-order valence-corrected chi connectivity index (χ0v) is 22.3. The quantitative estimate of drug-likeness (QED) is 0.187. The first-order valence-corrected chi connectivity index (χ1v) is 11.6. The van der Waals surface area contributed by atoms with Gasteiger partial charge >= 0.3 is 21.1 Å². The van der Waals surface area contributed by atoms with Crippen LogP contribution in [-0.4, -0.2) is 9.97 Å². The Kier molecular flexibility index (Phi) is 7.73. The standard InChI is InChI=1S/C32H26N2.Pt/c1-22-20-23(2)31(24(3)21-22)32(29-18-10-16-27(33-29)25-12-6-4-7-13-25)30-19-11-17-28(34-30)26-14-8-5-9-15-26;/h4-12,14,16-21,32H,1-3H3;/q-2;+2. The number of aryl methyl sites for hydroxylation is 3. The van der Waals surface area contributed by atoms with E-state index < -0.39 is 0 Å². The smallest absolute Gasteiger partial charge is 0.300 e. The van der Waals surface area contributed by atoms with Gasteiger partial charge in [0.05, 0.1) is 5.92 Å². The van der Waals surface area contributed by atoms with Crippen molar-refractivity contribution in [3.63, 3.8) is 0 Å². The fourth-order valence-electron chi connectivity index (χ4n) is 4.72. The predicted molar refractivity (Wildman–Crippen MR) is 139 cm³/mol. The molecule has 0 saturated heterocycles. The van der Waals surface area contributed by atoms with Gasteiger partial charge in [0.1, 0.15) is 0 Å². The second kappa shape index (κ2) is 10.9. The van der Waals surface area contributed by atoms with Crippen LogP contribution in [0.15, 0.2) is 97.1 Å². The van der Waals surface area contributed by atoms with Crippen LogP contribution in [0.2, 0.25) is 0 Å². The molecule has 3 heteroatoms. The first kappa shape index (κ1) is 24.8. The molecule has 0 atom stereocenters. The van der Waals surface area contributed by atoms with Crippen LogP contribution in [0.4, 0.5) is 0 Å². The normalized spacial score (nSPS) is 10.7. The summed E-state index contributed by atoms with van der Waals surface area (Å²) in [7, 11) is 0. The fourth-order valence-corrected chi connectivity index (χ4v) is 4.72. The van der Waals surface area contributed by atoms with Gasteiger partial charge in [0.15, 0.2) is 0 Å². The van der Waals surface area contributed by atoms with Crippen LogP contribution in [0.1, 0.15) is 39.6 Å². The molecule has 0 aliphatic carbocycles. The first-order chi connectivity index (χ1) is 16.6. The van der Waals surface area contributed by atoms with Crippen molar-refractivity contribution in [3.8, 4) is 22.5 Å². The molecule has 5 aromatic rings. The van der Waals surface area contributed by atoms with Gasteiger partial charge in [-0.05, 0) is 61.0 Å². The molecule has 2 aromatic heterocycles. The number of hydrogen-bond donors (Lipinski definition) is 0. The Hall–Kier alpha value is -3.35. The monoisotopic (exact) mass is 633 g/mol. The van der Waals surface area contributed by atoms with Gasteiger partial charge in [-0.1, -0.05) is 42.0 Å². The van der Waals surface area contributed by atoms with Gasteiger partial charge in [0.25, 0.3) is 0 Å². The molecule has 0 N–H and O–H groups in total. The summed E-state index contributed by atoms with van der Waals surface area (Å²) in [5, 5.41) is 0. The number of hydrogen-bond acceptors (Lipinski definition) is 2. The van der Waals surface area contributed by atoms with Gasteiger partial charge in [-0.2, -0.15) is 0 Å². The zero-order chi connectivity index (χ0) is 23.5. The average molecular weight is 634 g/mol. The number of pyridine rings is 2. The molecule has 0 bridgehead atoms. The van der Waals surface area contributed by atoms with E-state index in [4.69, 9.17) is 9.97 Å². The Morgan fingerprint density at radius 3 is 1.51 bits per heavy atom. The summed E-state index contributed by atoms with van der Waals surface area (Å²) in [6.45, 7) is 6.52. The molecular formula is C32H26N2Pt. The van der Waals surface area contributed by atoms with Crippen LogP contribution in [0.25, 0.3) is 22.5 Å². The third-order valence-electron chi connectivity index (χ3n) is 6.13. The van der Waals surface area contributed by atoms with E-state index in [1.165, 1.54) is 22.3 Å². The van der Waals surface area contributed by atoms with E-state index in [-0.39, 0.29) is 27.0 Å². The van der Waals surface area contributed by atoms with Gasteiger partial charge < -0.3 is 9.97 Å². The molecule has 0 amide bonds. The van der Waals surface area contributed by atoms with Crippen LogP contribution >= 0.6 is 0 Å². The molecule has 0 radical (unpaired) electrons. The number of rotatable bonds is 5. The van der Waals surface area contributed by atoms with Crippen molar-refractivity contribution >= 4 is 0 Å². The Morgan fingerprint density at radius 2 is 1.09 bits per heavy atom. The zero-order valence-electron chi connectivity index (χ0n) is 20.0. The molecule has 35 heavy (non-hydrogen) atoms. The molecule has 0 aliphatic heterocycles. The van der Waals surface area contributed by atoms with Gasteiger partial charge in [-0.3, -0.25) is 0 Å². The molecule has 0 fully saturated rings. The minimum atomic E-state index is -0.0899. The van der Waals surface area contributed by atoms with Gasteiger partial charge in [0.2, 0.25) is 0 Å². The van der Waals surface area contributed by atoms with Crippen molar-refractivity contribution in [3.05, 3.63) is 143 Å². The summed E-state index contributed by atoms with van der Waals surface area (Å²) in [5.74, 6) is -0.0899.